The molecule has 0 bridgehead atoms. The molecule has 3 aromatic rings. The van der Waals surface area contributed by atoms with Crippen molar-refractivity contribution in [3.05, 3.63) is 84.7 Å². The number of aryl methyl sites for hydroxylation is 1. The lowest BCUT2D eigenvalue weighted by Crippen LogP contribution is -2.27. The average molecular weight is 453 g/mol. The van der Waals surface area contributed by atoms with E-state index in [1.807, 2.05) is 0 Å². The van der Waals surface area contributed by atoms with E-state index >= 15 is 0 Å². The molecular formula is C18H12BrCl2N3O2. The van der Waals surface area contributed by atoms with E-state index in [9.17, 15) is 9.59 Å². The van der Waals surface area contributed by atoms with E-state index in [0.29, 0.717) is 27.1 Å². The van der Waals surface area contributed by atoms with Crippen molar-refractivity contribution in [2.75, 3.05) is 5.32 Å². The fourth-order valence-corrected chi connectivity index (χ4v) is 3.17. The molecule has 26 heavy (non-hydrogen) atoms. The molecule has 2 aromatic carbocycles. The van der Waals surface area contributed by atoms with E-state index in [1.165, 1.54) is 10.7 Å². The lowest BCUT2D eigenvalue weighted by molar-refractivity contribution is 0.101. The van der Waals surface area contributed by atoms with Gasteiger partial charge < -0.3 is 5.32 Å². The maximum absolute atomic E-state index is 12.5. The van der Waals surface area contributed by atoms with Crippen LogP contribution < -0.4 is 10.7 Å². The quantitative estimate of drug-likeness (QED) is 0.616. The molecule has 0 fully saturated rings. The summed E-state index contributed by atoms with van der Waals surface area (Å²) in [5, 5.41) is 7.75. The molecule has 0 aliphatic carbocycles. The molecule has 3 rings (SSSR count). The number of anilines is 1. The van der Waals surface area contributed by atoms with Crippen LogP contribution in [0.5, 0.6) is 0 Å². The molecule has 1 N–H and O–H groups in total. The molecule has 5 nitrogen and oxygen atoms in total. The highest BCUT2D eigenvalue weighted by Gasteiger charge is 2.16. The topological polar surface area (TPSA) is 64.0 Å². The van der Waals surface area contributed by atoms with Gasteiger partial charge in [0.05, 0.1) is 16.4 Å². The van der Waals surface area contributed by atoms with E-state index in [1.54, 1.807) is 49.4 Å². The molecule has 0 spiro atoms. The molecular weight excluding hydrogens is 441 g/mol. The Balaban J connectivity index is 1.99. The molecule has 0 saturated heterocycles. The highest BCUT2D eigenvalue weighted by molar-refractivity contribution is 9.10. The summed E-state index contributed by atoms with van der Waals surface area (Å²) in [5.74, 6) is -0.637. The highest BCUT2D eigenvalue weighted by atomic mass is 79.9. The second-order valence-corrected chi connectivity index (χ2v) is 7.22. The Morgan fingerprint density at radius 1 is 1.12 bits per heavy atom. The summed E-state index contributed by atoms with van der Waals surface area (Å²) in [5.41, 5.74) is 0.959. The van der Waals surface area contributed by atoms with Gasteiger partial charge in [0.1, 0.15) is 0 Å². The summed E-state index contributed by atoms with van der Waals surface area (Å²) in [4.78, 5) is 24.8. The van der Waals surface area contributed by atoms with Crippen molar-refractivity contribution >= 4 is 50.7 Å². The van der Waals surface area contributed by atoms with Crippen molar-refractivity contribution in [1.29, 1.82) is 0 Å². The summed E-state index contributed by atoms with van der Waals surface area (Å²) >= 11 is 15.3. The number of hydrogen-bond donors (Lipinski definition) is 1. The van der Waals surface area contributed by atoms with Crippen LogP contribution in [0.3, 0.4) is 0 Å². The number of nitrogens with one attached hydrogen (secondary N) is 1. The molecule has 1 aromatic heterocycles. The molecule has 0 radical (unpaired) electrons. The van der Waals surface area contributed by atoms with E-state index in [-0.39, 0.29) is 5.69 Å². The summed E-state index contributed by atoms with van der Waals surface area (Å²) in [6.07, 6.45) is 0. The molecule has 8 heteroatoms. The SMILES string of the molecule is Cc1cc(=O)c(C(=O)Nc2ccc(Br)cc2Cl)nn1-c1ccc(Cl)cc1. The van der Waals surface area contributed by atoms with Gasteiger partial charge in [0.2, 0.25) is 5.43 Å². The average Bonchev–Trinajstić information content (AvgIpc) is 2.58. The third-order valence-corrected chi connectivity index (χ3v) is 4.63. The normalized spacial score (nSPS) is 10.6. The van der Waals surface area contributed by atoms with Gasteiger partial charge in [0.15, 0.2) is 5.69 Å². The molecule has 1 heterocycles. The van der Waals surface area contributed by atoms with Crippen molar-refractivity contribution in [1.82, 2.24) is 9.78 Å². The zero-order valence-corrected chi connectivity index (χ0v) is 16.6. The molecule has 0 saturated carbocycles. The van der Waals surface area contributed by atoms with E-state index in [4.69, 9.17) is 23.2 Å². The second kappa shape index (κ2) is 7.61. The maximum atomic E-state index is 12.5. The number of rotatable bonds is 3. The number of nitrogens with zero attached hydrogens (tertiary/aromatic N) is 2. The minimum atomic E-state index is -0.637. The largest absolute Gasteiger partial charge is 0.319 e. The Morgan fingerprint density at radius 3 is 2.46 bits per heavy atom. The van der Waals surface area contributed by atoms with Crippen LogP contribution in [0.1, 0.15) is 16.2 Å². The van der Waals surface area contributed by atoms with Crippen LogP contribution in [-0.4, -0.2) is 15.7 Å². The summed E-state index contributed by atoms with van der Waals surface area (Å²) in [7, 11) is 0. The Morgan fingerprint density at radius 2 is 1.81 bits per heavy atom. The number of carbonyl (C=O) groups is 1. The van der Waals surface area contributed by atoms with Crippen molar-refractivity contribution < 1.29 is 4.79 Å². The molecule has 132 valence electrons. The second-order valence-electron chi connectivity index (χ2n) is 5.47. The Hall–Kier alpha value is -2.15. The summed E-state index contributed by atoms with van der Waals surface area (Å²) < 4.78 is 2.29. The number of aromatic nitrogens is 2. The number of carbonyl (C=O) groups excluding carboxylic acids is 1. The van der Waals surface area contributed by atoms with Crippen molar-refractivity contribution in [2.45, 2.75) is 6.92 Å². The first-order valence-electron chi connectivity index (χ1n) is 7.48. The summed E-state index contributed by atoms with van der Waals surface area (Å²) in [6.45, 7) is 1.73. The van der Waals surface area contributed by atoms with Gasteiger partial charge in [-0.3, -0.25) is 9.59 Å². The first-order valence-corrected chi connectivity index (χ1v) is 9.03. The van der Waals surface area contributed by atoms with Gasteiger partial charge in [-0.2, -0.15) is 5.10 Å². The number of benzene rings is 2. The van der Waals surface area contributed by atoms with Crippen LogP contribution in [0.25, 0.3) is 5.69 Å². The van der Waals surface area contributed by atoms with Crippen molar-refractivity contribution in [3.63, 3.8) is 0 Å². The number of halogens is 3. The van der Waals surface area contributed by atoms with Crippen LogP contribution >= 0.6 is 39.1 Å². The Labute approximate surface area is 167 Å². The minimum absolute atomic E-state index is 0.232. The first-order chi connectivity index (χ1) is 12.3. The molecule has 0 aliphatic heterocycles. The standard InChI is InChI=1S/C18H12BrCl2N3O2/c1-10-8-16(25)17(23-24(10)13-5-3-12(20)4-6-13)18(26)22-15-7-2-11(19)9-14(15)21/h2-9H,1H3,(H,22,26). The number of hydrogen-bond acceptors (Lipinski definition) is 3. The predicted molar refractivity (Wildman–Crippen MR) is 107 cm³/mol. The monoisotopic (exact) mass is 451 g/mol. The van der Waals surface area contributed by atoms with Gasteiger partial charge in [0, 0.05) is 21.3 Å². The first kappa shape index (κ1) is 18.6. The van der Waals surface area contributed by atoms with Crippen LogP contribution in [0.15, 0.2) is 57.8 Å². The molecule has 0 unspecified atom stereocenters. The van der Waals surface area contributed by atoms with E-state index in [0.717, 1.165) is 4.47 Å². The van der Waals surface area contributed by atoms with Crippen LogP contribution in [0.4, 0.5) is 5.69 Å². The molecule has 0 atom stereocenters. The van der Waals surface area contributed by atoms with Crippen molar-refractivity contribution in [3.8, 4) is 5.69 Å². The minimum Gasteiger partial charge on any atom is -0.319 e. The van der Waals surface area contributed by atoms with E-state index in [2.05, 4.69) is 26.3 Å². The van der Waals surface area contributed by atoms with Gasteiger partial charge in [-0.05, 0) is 49.4 Å². The number of amides is 1. The van der Waals surface area contributed by atoms with Crippen molar-refractivity contribution in [2.24, 2.45) is 0 Å². The maximum Gasteiger partial charge on any atom is 0.280 e. The van der Waals surface area contributed by atoms with Crippen LogP contribution in [-0.2, 0) is 0 Å². The predicted octanol–water partition coefficient (Wildman–Crippen LogP) is 4.86. The smallest absolute Gasteiger partial charge is 0.280 e. The van der Waals surface area contributed by atoms with Gasteiger partial charge in [0.25, 0.3) is 5.91 Å². The molecule has 1 amide bonds. The lowest BCUT2D eigenvalue weighted by Gasteiger charge is -2.12. The third kappa shape index (κ3) is 3.98. The van der Waals surface area contributed by atoms with Gasteiger partial charge in [-0.25, -0.2) is 4.68 Å². The summed E-state index contributed by atoms with van der Waals surface area (Å²) in [6, 6.07) is 13.3. The Bertz CT molecular complexity index is 1050. The van der Waals surface area contributed by atoms with Crippen LogP contribution in [0.2, 0.25) is 10.0 Å². The molecule has 0 aliphatic rings. The lowest BCUT2D eigenvalue weighted by atomic mass is 10.2. The van der Waals surface area contributed by atoms with Gasteiger partial charge >= 0.3 is 0 Å². The zero-order valence-electron chi connectivity index (χ0n) is 13.5. The van der Waals surface area contributed by atoms with Crippen LogP contribution in [0, 0.1) is 6.92 Å². The fraction of sp³-hybridized carbons (Fsp3) is 0.0556. The fourth-order valence-electron chi connectivity index (χ4n) is 2.32. The third-order valence-electron chi connectivity index (χ3n) is 3.57. The van der Waals surface area contributed by atoms with Gasteiger partial charge in [-0.15, -0.1) is 0 Å². The van der Waals surface area contributed by atoms with Gasteiger partial charge in [-0.1, -0.05) is 39.1 Å². The van der Waals surface area contributed by atoms with E-state index < -0.39 is 11.3 Å². The Kier molecular flexibility index (Phi) is 5.46. The highest BCUT2D eigenvalue weighted by Crippen LogP contribution is 2.25. The zero-order chi connectivity index (χ0) is 18.8.